The van der Waals surface area contributed by atoms with E-state index >= 15 is 4.39 Å². The number of aryl methyl sites for hydroxylation is 1. The Bertz CT molecular complexity index is 1310. The molecule has 0 spiro atoms. The molecule has 1 aliphatic carbocycles. The van der Waals surface area contributed by atoms with Crippen LogP contribution in [0.3, 0.4) is 0 Å². The molecule has 4 rings (SSSR count). The number of fused-ring (bicyclic) bond motifs is 1. The quantitative estimate of drug-likeness (QED) is 0.576. The SMILES string of the molecule is Cc1ccc2c(C#N)c(-c3ncc(S(=O)(=O)NC(CF)CF)cn3)n(C3CCC3)c2c1F. The third kappa shape index (κ3) is 3.63. The monoisotopic (exact) mass is 463 g/mol. The standard InChI is InChI=1S/C21H20F3N5O2S/c1-12-5-6-16-17(9-25)20(29(14-3-2-4-14)19(16)18(12)24)21-26-10-15(11-27-21)32(30,31)28-13(7-22)8-23/h5-6,10-11,13-14,28H,2-4,7-8H2,1H3. The van der Waals surface area contributed by atoms with Gasteiger partial charge in [-0.2, -0.15) is 5.26 Å². The molecule has 0 unspecified atom stereocenters. The van der Waals surface area contributed by atoms with Gasteiger partial charge < -0.3 is 4.57 Å². The number of nitrogens with zero attached hydrogens (tertiary/aromatic N) is 4. The van der Waals surface area contributed by atoms with E-state index in [1.165, 1.54) is 0 Å². The van der Waals surface area contributed by atoms with Crippen LogP contribution < -0.4 is 4.72 Å². The van der Waals surface area contributed by atoms with E-state index in [2.05, 4.69) is 16.0 Å². The highest BCUT2D eigenvalue weighted by Crippen LogP contribution is 2.42. The Morgan fingerprint density at radius 3 is 2.44 bits per heavy atom. The van der Waals surface area contributed by atoms with Gasteiger partial charge in [-0.25, -0.2) is 36.3 Å². The predicted octanol–water partition coefficient (Wildman–Crippen LogP) is 3.73. The van der Waals surface area contributed by atoms with Crippen LogP contribution in [0.15, 0.2) is 29.4 Å². The smallest absolute Gasteiger partial charge is 0.244 e. The number of sulfonamides is 1. The van der Waals surface area contributed by atoms with Crippen LogP contribution in [0.5, 0.6) is 0 Å². The first-order valence-electron chi connectivity index (χ1n) is 10.0. The van der Waals surface area contributed by atoms with E-state index in [-0.39, 0.29) is 22.3 Å². The second-order valence-corrected chi connectivity index (χ2v) is 9.47. The third-order valence-corrected chi connectivity index (χ3v) is 7.17. The lowest BCUT2D eigenvalue weighted by molar-refractivity contribution is 0.322. The molecule has 1 saturated carbocycles. The van der Waals surface area contributed by atoms with Gasteiger partial charge in [0.2, 0.25) is 10.0 Å². The van der Waals surface area contributed by atoms with Gasteiger partial charge in [-0.05, 0) is 31.7 Å². The molecule has 1 N–H and O–H groups in total. The molecule has 2 heterocycles. The molecule has 168 valence electrons. The second kappa shape index (κ2) is 8.52. The molecule has 1 fully saturated rings. The van der Waals surface area contributed by atoms with Gasteiger partial charge in [0.05, 0.1) is 29.5 Å². The summed E-state index contributed by atoms with van der Waals surface area (Å²) in [4.78, 5) is 7.86. The lowest BCUT2D eigenvalue weighted by Crippen LogP contribution is -2.38. The molecule has 2 aromatic heterocycles. The van der Waals surface area contributed by atoms with Crippen molar-refractivity contribution in [1.29, 1.82) is 5.26 Å². The van der Waals surface area contributed by atoms with Crippen LogP contribution >= 0.6 is 0 Å². The Morgan fingerprint density at radius 1 is 1.25 bits per heavy atom. The molecule has 1 aromatic carbocycles. The Kier molecular flexibility index (Phi) is 5.92. The average Bonchev–Trinajstić information content (AvgIpc) is 3.08. The zero-order valence-electron chi connectivity index (χ0n) is 17.1. The molecule has 0 saturated heterocycles. The molecule has 0 radical (unpaired) electrons. The third-order valence-electron chi connectivity index (χ3n) is 5.69. The molecule has 32 heavy (non-hydrogen) atoms. The van der Waals surface area contributed by atoms with E-state index in [0.717, 1.165) is 31.7 Å². The number of aromatic nitrogens is 3. The Labute approximate surface area is 183 Å². The topological polar surface area (TPSA) is 101 Å². The molecule has 0 bridgehead atoms. The van der Waals surface area contributed by atoms with E-state index < -0.39 is 35.2 Å². The van der Waals surface area contributed by atoms with Crippen molar-refractivity contribution in [3.05, 3.63) is 41.5 Å². The van der Waals surface area contributed by atoms with Crippen molar-refractivity contribution in [2.45, 2.75) is 43.2 Å². The summed E-state index contributed by atoms with van der Waals surface area (Å²) in [6.45, 7) is -0.761. The van der Waals surface area contributed by atoms with Crippen LogP contribution in [-0.4, -0.2) is 42.3 Å². The molecule has 11 heteroatoms. The van der Waals surface area contributed by atoms with E-state index in [1.807, 2.05) is 4.72 Å². The summed E-state index contributed by atoms with van der Waals surface area (Å²) in [6, 6.07) is 3.86. The average molecular weight is 463 g/mol. The molecule has 0 aliphatic heterocycles. The van der Waals surface area contributed by atoms with E-state index in [4.69, 9.17) is 0 Å². The van der Waals surface area contributed by atoms with Crippen molar-refractivity contribution < 1.29 is 21.6 Å². The Morgan fingerprint density at radius 2 is 1.91 bits per heavy atom. The number of benzene rings is 1. The first-order valence-corrected chi connectivity index (χ1v) is 11.5. The summed E-state index contributed by atoms with van der Waals surface area (Å²) in [5.74, 6) is -0.364. The number of hydrogen-bond acceptors (Lipinski definition) is 5. The first kappa shape index (κ1) is 22.2. The fourth-order valence-corrected chi connectivity index (χ4v) is 4.86. The van der Waals surface area contributed by atoms with Crippen molar-refractivity contribution >= 4 is 20.9 Å². The molecular weight excluding hydrogens is 443 g/mol. The van der Waals surface area contributed by atoms with Crippen molar-refractivity contribution in [3.8, 4) is 17.6 Å². The second-order valence-electron chi connectivity index (χ2n) is 7.75. The fraction of sp³-hybridized carbons (Fsp3) is 0.381. The number of nitriles is 1. The maximum absolute atomic E-state index is 15.1. The molecule has 0 amide bonds. The number of hydrogen-bond donors (Lipinski definition) is 1. The van der Waals surface area contributed by atoms with Crippen molar-refractivity contribution in [2.75, 3.05) is 13.3 Å². The van der Waals surface area contributed by atoms with Crippen LogP contribution in [0.4, 0.5) is 13.2 Å². The van der Waals surface area contributed by atoms with E-state index in [1.54, 1.807) is 23.6 Å². The molecule has 7 nitrogen and oxygen atoms in total. The fourth-order valence-electron chi connectivity index (χ4n) is 3.77. The minimum absolute atomic E-state index is 0.0329. The van der Waals surface area contributed by atoms with Gasteiger partial charge in [-0.1, -0.05) is 12.1 Å². The summed E-state index contributed by atoms with van der Waals surface area (Å²) in [6.07, 6.45) is 4.58. The number of alkyl halides is 2. The first-order chi connectivity index (χ1) is 15.3. The minimum Gasteiger partial charge on any atom is -0.331 e. The normalized spacial score (nSPS) is 14.6. The van der Waals surface area contributed by atoms with Crippen molar-refractivity contribution in [2.24, 2.45) is 0 Å². The number of rotatable bonds is 7. The van der Waals surface area contributed by atoms with Gasteiger partial charge in [-0.3, -0.25) is 0 Å². The van der Waals surface area contributed by atoms with Crippen LogP contribution in [-0.2, 0) is 10.0 Å². The molecule has 0 atom stereocenters. The van der Waals surface area contributed by atoms with Crippen molar-refractivity contribution in [3.63, 3.8) is 0 Å². The summed E-state index contributed by atoms with van der Waals surface area (Å²) in [5, 5.41) is 10.3. The Balaban J connectivity index is 1.86. The lowest BCUT2D eigenvalue weighted by atomic mass is 9.92. The summed E-state index contributed by atoms with van der Waals surface area (Å²) < 4.78 is 68.9. The van der Waals surface area contributed by atoms with E-state index in [0.29, 0.717) is 22.2 Å². The van der Waals surface area contributed by atoms with Gasteiger partial charge in [0.25, 0.3) is 0 Å². The van der Waals surface area contributed by atoms with Gasteiger partial charge >= 0.3 is 0 Å². The van der Waals surface area contributed by atoms with Crippen LogP contribution in [0, 0.1) is 24.1 Å². The Hall–Kier alpha value is -2.97. The maximum atomic E-state index is 15.1. The molecule has 3 aromatic rings. The predicted molar refractivity (Wildman–Crippen MR) is 111 cm³/mol. The molecular formula is C21H20F3N5O2S. The highest BCUT2D eigenvalue weighted by Gasteiger charge is 2.31. The molecule has 1 aliphatic rings. The van der Waals surface area contributed by atoms with E-state index in [9.17, 15) is 22.5 Å². The van der Waals surface area contributed by atoms with Gasteiger partial charge in [0.1, 0.15) is 35.8 Å². The van der Waals surface area contributed by atoms with Crippen molar-refractivity contribution in [1.82, 2.24) is 19.3 Å². The summed E-state index contributed by atoms with van der Waals surface area (Å²) in [7, 11) is -4.24. The zero-order valence-corrected chi connectivity index (χ0v) is 18.0. The van der Waals surface area contributed by atoms with Gasteiger partial charge in [0, 0.05) is 11.4 Å². The van der Waals surface area contributed by atoms with Crippen LogP contribution in [0.1, 0.15) is 36.4 Å². The number of halogens is 3. The number of nitrogens with one attached hydrogen (secondary N) is 1. The van der Waals surface area contributed by atoms with Crippen LogP contribution in [0.2, 0.25) is 0 Å². The zero-order chi connectivity index (χ0) is 23.0. The highest BCUT2D eigenvalue weighted by atomic mass is 32.2. The van der Waals surface area contributed by atoms with Gasteiger partial charge in [0.15, 0.2) is 5.82 Å². The van der Waals surface area contributed by atoms with Gasteiger partial charge in [-0.15, -0.1) is 0 Å². The van der Waals surface area contributed by atoms with Crippen LogP contribution in [0.25, 0.3) is 22.4 Å². The lowest BCUT2D eigenvalue weighted by Gasteiger charge is -2.30. The summed E-state index contributed by atoms with van der Waals surface area (Å²) in [5.41, 5.74) is 1.26. The largest absolute Gasteiger partial charge is 0.331 e. The summed E-state index contributed by atoms with van der Waals surface area (Å²) >= 11 is 0. The minimum atomic E-state index is -4.24. The highest BCUT2D eigenvalue weighted by molar-refractivity contribution is 7.89. The maximum Gasteiger partial charge on any atom is 0.244 e.